The van der Waals surface area contributed by atoms with Crippen molar-refractivity contribution < 1.29 is 38.0 Å². The van der Waals surface area contributed by atoms with Crippen LogP contribution in [-0.2, 0) is 25.2 Å². The molecule has 0 spiro atoms. The number of halogens is 2. The summed E-state index contributed by atoms with van der Waals surface area (Å²) in [5.41, 5.74) is 7.03. The molecule has 0 radical (unpaired) electrons. The first-order valence-corrected chi connectivity index (χ1v) is 13.2. The van der Waals surface area contributed by atoms with E-state index in [1.54, 1.807) is 6.92 Å². The second-order valence-electron chi connectivity index (χ2n) is 7.23. The van der Waals surface area contributed by atoms with E-state index in [0.29, 0.717) is 23.4 Å². The molecule has 1 aromatic heterocycles. The molecule has 11 nitrogen and oxygen atoms in total. The number of anilines is 1. The largest absolute Gasteiger partial charge is 0.477 e. The van der Waals surface area contributed by atoms with Crippen LogP contribution in [0.1, 0.15) is 30.3 Å². The number of allylic oxidation sites excluding steroid dienone is 1. The summed E-state index contributed by atoms with van der Waals surface area (Å²) in [5, 5.41) is 9.77. The Morgan fingerprint density at radius 1 is 1.39 bits per heavy atom. The van der Waals surface area contributed by atoms with Crippen LogP contribution in [0, 0.1) is 12.7 Å². The molecule has 194 valence electrons. The normalized spacial score (nSPS) is 12.8. The standard InChI is InChI=1S/C21H23BrFN4O7PS/c1-12(27(11-28)10-15-9-25-13(2)26-20(15)24)18(5-6-34-35(31,32)33)36-19(21(29)30)8-14-3-4-17(23)16(22)7-14/h3-4,7-9,11H,5-6,10H2,1-2H3,(H,29,30)(H2,24,25,26)(H2,31,32,33)/b18-12-,19-8+. The lowest BCUT2D eigenvalue weighted by Crippen LogP contribution is -2.22. The minimum atomic E-state index is -4.79. The van der Waals surface area contributed by atoms with E-state index in [9.17, 15) is 23.7 Å². The van der Waals surface area contributed by atoms with Crippen LogP contribution in [0.3, 0.4) is 0 Å². The fourth-order valence-corrected chi connectivity index (χ4v) is 4.52. The zero-order chi connectivity index (χ0) is 27.0. The molecule has 0 aliphatic rings. The summed E-state index contributed by atoms with van der Waals surface area (Å²) >= 11 is 3.80. The highest BCUT2D eigenvalue weighted by atomic mass is 79.9. The highest BCUT2D eigenvalue weighted by Crippen LogP contribution is 2.39. The SMILES string of the molecule is C/C(=C(\CCOP(=O)(O)O)S/C(=C/c1ccc(F)c(Br)c1)C(=O)O)N(C=O)Cc1cnc(C)nc1N. The third kappa shape index (κ3) is 9.12. The molecule has 1 heterocycles. The van der Waals surface area contributed by atoms with Crippen LogP contribution in [0.4, 0.5) is 10.2 Å². The maximum atomic E-state index is 13.6. The first-order valence-electron chi connectivity index (χ1n) is 10.1. The summed E-state index contributed by atoms with van der Waals surface area (Å²) in [7, 11) is -4.79. The van der Waals surface area contributed by atoms with Gasteiger partial charge >= 0.3 is 13.8 Å². The van der Waals surface area contributed by atoms with Crippen LogP contribution < -0.4 is 5.73 Å². The number of aliphatic carboxylic acids is 1. The van der Waals surface area contributed by atoms with E-state index in [2.05, 4.69) is 30.4 Å². The number of nitrogen functional groups attached to an aromatic ring is 1. The molecule has 0 fully saturated rings. The van der Waals surface area contributed by atoms with Crippen molar-refractivity contribution in [2.45, 2.75) is 26.8 Å². The summed E-state index contributed by atoms with van der Waals surface area (Å²) in [6, 6.07) is 3.94. The van der Waals surface area contributed by atoms with Crippen molar-refractivity contribution in [1.29, 1.82) is 0 Å². The number of amides is 1. The van der Waals surface area contributed by atoms with Gasteiger partial charge in [-0.1, -0.05) is 17.8 Å². The van der Waals surface area contributed by atoms with Crippen LogP contribution in [-0.4, -0.2) is 48.7 Å². The molecule has 0 bridgehead atoms. The zero-order valence-electron chi connectivity index (χ0n) is 19.1. The van der Waals surface area contributed by atoms with Gasteiger partial charge in [0.15, 0.2) is 0 Å². The molecule has 1 amide bonds. The third-order valence-corrected chi connectivity index (χ3v) is 6.98. The Hall–Kier alpha value is -2.61. The minimum absolute atomic E-state index is 0.0398. The summed E-state index contributed by atoms with van der Waals surface area (Å²) in [6.07, 6.45) is 3.12. The molecule has 0 aliphatic heterocycles. The number of nitrogens with zero attached hydrogens (tertiary/aromatic N) is 3. The van der Waals surface area contributed by atoms with Crippen molar-refractivity contribution in [1.82, 2.24) is 14.9 Å². The lowest BCUT2D eigenvalue weighted by Gasteiger charge is -2.22. The van der Waals surface area contributed by atoms with Crippen LogP contribution in [0.15, 0.2) is 44.4 Å². The number of carboxylic acid groups (broad SMARTS) is 1. The molecule has 15 heteroatoms. The summed E-state index contributed by atoms with van der Waals surface area (Å²) in [4.78, 5) is 51.4. The molecule has 2 aromatic rings. The molecule has 5 N–H and O–H groups in total. The number of hydrogen-bond acceptors (Lipinski definition) is 8. The van der Waals surface area contributed by atoms with E-state index >= 15 is 0 Å². The number of carbonyl (C=O) groups is 2. The number of benzene rings is 1. The molecule has 2 rings (SSSR count). The van der Waals surface area contributed by atoms with E-state index in [0.717, 1.165) is 17.8 Å². The van der Waals surface area contributed by atoms with Crippen molar-refractivity contribution in [2.75, 3.05) is 12.3 Å². The predicted molar refractivity (Wildman–Crippen MR) is 135 cm³/mol. The second kappa shape index (κ2) is 13.1. The Balaban J connectivity index is 2.46. The number of phosphoric ester groups is 1. The van der Waals surface area contributed by atoms with E-state index in [1.807, 2.05) is 0 Å². The first-order chi connectivity index (χ1) is 16.8. The van der Waals surface area contributed by atoms with Gasteiger partial charge in [-0.15, -0.1) is 0 Å². The van der Waals surface area contributed by atoms with Gasteiger partial charge in [0, 0.05) is 28.8 Å². The Morgan fingerprint density at radius 2 is 2.08 bits per heavy atom. The minimum Gasteiger partial charge on any atom is -0.477 e. The fraction of sp³-hybridized carbons (Fsp3) is 0.238. The predicted octanol–water partition coefficient (Wildman–Crippen LogP) is 3.82. The number of carbonyl (C=O) groups excluding carboxylic acids is 1. The van der Waals surface area contributed by atoms with Gasteiger partial charge < -0.3 is 25.5 Å². The van der Waals surface area contributed by atoms with Gasteiger partial charge in [-0.3, -0.25) is 9.32 Å². The molecule has 36 heavy (non-hydrogen) atoms. The highest BCUT2D eigenvalue weighted by Gasteiger charge is 2.20. The van der Waals surface area contributed by atoms with Crippen LogP contribution in [0.25, 0.3) is 6.08 Å². The molecule has 0 atom stereocenters. The number of phosphoric acid groups is 1. The summed E-state index contributed by atoms with van der Waals surface area (Å²) in [5.74, 6) is -1.23. The van der Waals surface area contributed by atoms with Gasteiger partial charge in [-0.25, -0.2) is 23.7 Å². The topological polar surface area (TPSA) is 176 Å². The van der Waals surface area contributed by atoms with Crippen molar-refractivity contribution >= 4 is 59.8 Å². The van der Waals surface area contributed by atoms with E-state index < -0.39 is 26.2 Å². The van der Waals surface area contributed by atoms with Gasteiger partial charge in [0.25, 0.3) is 0 Å². The number of aryl methyl sites for hydroxylation is 1. The van der Waals surface area contributed by atoms with E-state index in [-0.39, 0.29) is 38.8 Å². The van der Waals surface area contributed by atoms with E-state index in [1.165, 1.54) is 36.2 Å². The van der Waals surface area contributed by atoms with Gasteiger partial charge in [-0.05, 0) is 53.5 Å². The Kier molecular flexibility index (Phi) is 10.8. The highest BCUT2D eigenvalue weighted by molar-refractivity contribution is 9.10. The van der Waals surface area contributed by atoms with Gasteiger partial charge in [0.2, 0.25) is 6.41 Å². The van der Waals surface area contributed by atoms with Gasteiger partial charge in [0.05, 0.1) is 22.5 Å². The smallest absolute Gasteiger partial charge is 0.469 e. The van der Waals surface area contributed by atoms with Crippen LogP contribution in [0.5, 0.6) is 0 Å². The molecule has 0 saturated heterocycles. The van der Waals surface area contributed by atoms with Gasteiger partial charge in [-0.2, -0.15) is 0 Å². The van der Waals surface area contributed by atoms with E-state index in [4.69, 9.17) is 15.5 Å². The molecule has 0 unspecified atom stereocenters. The number of nitrogens with two attached hydrogens (primary N) is 1. The molecular formula is C21H23BrFN4O7PS. The summed E-state index contributed by atoms with van der Waals surface area (Å²) in [6.45, 7) is 2.69. The number of aromatic nitrogens is 2. The number of thioether (sulfide) groups is 1. The van der Waals surface area contributed by atoms with Crippen molar-refractivity contribution in [3.8, 4) is 0 Å². The number of rotatable bonds is 12. The maximum absolute atomic E-state index is 13.6. The lowest BCUT2D eigenvalue weighted by molar-refractivity contribution is -0.131. The quantitative estimate of drug-likeness (QED) is 0.157. The van der Waals surface area contributed by atoms with Crippen LogP contribution in [0.2, 0.25) is 0 Å². The Bertz CT molecular complexity index is 1250. The second-order valence-corrected chi connectivity index (χ2v) is 10.5. The van der Waals surface area contributed by atoms with Crippen molar-refractivity contribution in [2.24, 2.45) is 0 Å². The van der Waals surface area contributed by atoms with Crippen molar-refractivity contribution in [3.63, 3.8) is 0 Å². The van der Waals surface area contributed by atoms with Crippen molar-refractivity contribution in [3.05, 3.63) is 67.1 Å². The van der Waals surface area contributed by atoms with Crippen LogP contribution >= 0.6 is 35.5 Å². The molecular weight excluding hydrogens is 582 g/mol. The monoisotopic (exact) mass is 604 g/mol. The average molecular weight is 605 g/mol. The number of hydrogen-bond donors (Lipinski definition) is 4. The zero-order valence-corrected chi connectivity index (χ0v) is 22.4. The lowest BCUT2D eigenvalue weighted by atomic mass is 10.2. The fourth-order valence-electron chi connectivity index (χ4n) is 2.80. The Morgan fingerprint density at radius 3 is 2.64 bits per heavy atom. The Labute approximate surface area is 218 Å². The molecule has 0 saturated carbocycles. The third-order valence-electron chi connectivity index (χ3n) is 4.59. The first kappa shape index (κ1) is 29.6. The summed E-state index contributed by atoms with van der Waals surface area (Å²) < 4.78 is 29.4. The molecule has 1 aromatic carbocycles. The average Bonchev–Trinajstić information content (AvgIpc) is 2.78. The molecule has 0 aliphatic carbocycles. The maximum Gasteiger partial charge on any atom is 0.469 e. The number of carboxylic acids is 1. The van der Waals surface area contributed by atoms with Gasteiger partial charge in [0.1, 0.15) is 17.5 Å².